The summed E-state index contributed by atoms with van der Waals surface area (Å²) in [4.78, 5) is 27.4. The van der Waals surface area contributed by atoms with Crippen LogP contribution in [0.2, 0.25) is 0 Å². The van der Waals surface area contributed by atoms with Crippen molar-refractivity contribution >= 4 is 27.3 Å². The fraction of sp³-hybridized carbons (Fsp3) is 0.294. The summed E-state index contributed by atoms with van der Waals surface area (Å²) in [5.41, 5.74) is 8.38. The van der Waals surface area contributed by atoms with Crippen LogP contribution < -0.4 is 21.3 Å². The number of para-hydroxylation sites is 3. The molecule has 1 aliphatic heterocycles. The maximum atomic E-state index is 13.9. The van der Waals surface area contributed by atoms with E-state index >= 15 is 0 Å². The highest BCUT2D eigenvalue weighted by Crippen LogP contribution is 2.33. The minimum Gasteiger partial charge on any atom is -0.497 e. The molecule has 13 nitrogen and oxygen atoms in total. The number of amides is 1. The first-order valence-electron chi connectivity index (χ1n) is 15.3. The van der Waals surface area contributed by atoms with E-state index in [2.05, 4.69) is 5.32 Å². The molecule has 48 heavy (non-hydrogen) atoms. The molecule has 254 valence electrons. The minimum atomic E-state index is -3.98. The Morgan fingerprint density at radius 2 is 1.75 bits per heavy atom. The number of hydrogen-bond donors (Lipinski definition) is 3. The predicted octanol–water partition coefficient (Wildman–Crippen LogP) is 3.13. The van der Waals surface area contributed by atoms with Crippen molar-refractivity contribution in [2.24, 2.45) is 7.05 Å². The molecule has 2 heterocycles. The largest absolute Gasteiger partial charge is 0.497 e. The van der Waals surface area contributed by atoms with Crippen LogP contribution >= 0.6 is 0 Å². The molecule has 0 radical (unpaired) electrons. The van der Waals surface area contributed by atoms with Crippen LogP contribution in [0.5, 0.6) is 5.75 Å². The van der Waals surface area contributed by atoms with E-state index in [9.17, 15) is 23.1 Å². The Hall–Kier alpha value is -4.89. The van der Waals surface area contributed by atoms with Gasteiger partial charge in [0, 0.05) is 43.7 Å². The zero-order chi connectivity index (χ0) is 34.4. The smallest absolute Gasteiger partial charge is 0.290 e. The Morgan fingerprint density at radius 3 is 2.42 bits per heavy atom. The van der Waals surface area contributed by atoms with E-state index < -0.39 is 34.7 Å². The third-order valence-electron chi connectivity index (χ3n) is 8.15. The van der Waals surface area contributed by atoms with E-state index in [1.807, 2.05) is 37.3 Å². The SMILES string of the molecule is COc1ccc(S(=O)(=O)N(CCO)CCO[C@@H]2C[C@H](c3c(C)n(C)n(-c4ccccc4)c3=O)C=C(C(=O)Nc3ccccc3N)O2)cc1. The molecular formula is C34H39N5O8S. The molecule has 0 saturated heterocycles. The third-order valence-corrected chi connectivity index (χ3v) is 10.1. The predicted molar refractivity (Wildman–Crippen MR) is 180 cm³/mol. The number of benzene rings is 3. The zero-order valence-corrected chi connectivity index (χ0v) is 27.7. The summed E-state index contributed by atoms with van der Waals surface area (Å²) < 4.78 is 48.4. The number of ether oxygens (including phenoxy) is 3. The van der Waals surface area contributed by atoms with Crippen molar-refractivity contribution < 1.29 is 32.5 Å². The van der Waals surface area contributed by atoms with E-state index in [0.29, 0.717) is 34.1 Å². The van der Waals surface area contributed by atoms with Crippen LogP contribution in [-0.2, 0) is 31.3 Å². The monoisotopic (exact) mass is 677 g/mol. The van der Waals surface area contributed by atoms with Crippen LogP contribution in [0.25, 0.3) is 5.69 Å². The topological polar surface area (TPSA) is 167 Å². The first-order valence-corrected chi connectivity index (χ1v) is 16.7. The van der Waals surface area contributed by atoms with Gasteiger partial charge in [-0.1, -0.05) is 30.3 Å². The van der Waals surface area contributed by atoms with Gasteiger partial charge >= 0.3 is 0 Å². The van der Waals surface area contributed by atoms with Gasteiger partial charge in [0.1, 0.15) is 5.75 Å². The highest BCUT2D eigenvalue weighted by molar-refractivity contribution is 7.89. The molecule has 0 bridgehead atoms. The van der Waals surface area contributed by atoms with Crippen molar-refractivity contribution in [3.05, 3.63) is 112 Å². The van der Waals surface area contributed by atoms with Crippen LogP contribution in [0, 0.1) is 6.92 Å². The lowest BCUT2D eigenvalue weighted by Crippen LogP contribution is -2.38. The number of carbonyl (C=O) groups excluding carboxylic acids is 1. The lowest BCUT2D eigenvalue weighted by Gasteiger charge is -2.30. The number of carbonyl (C=O) groups is 1. The van der Waals surface area contributed by atoms with Gasteiger partial charge in [-0.05, 0) is 61.5 Å². The number of nitrogen functional groups attached to an aromatic ring is 1. The number of anilines is 2. The van der Waals surface area contributed by atoms with E-state index in [0.717, 1.165) is 4.31 Å². The van der Waals surface area contributed by atoms with E-state index in [1.54, 1.807) is 46.8 Å². The highest BCUT2D eigenvalue weighted by atomic mass is 32.2. The zero-order valence-electron chi connectivity index (χ0n) is 26.9. The van der Waals surface area contributed by atoms with E-state index in [1.165, 1.54) is 31.4 Å². The molecule has 2 atom stereocenters. The van der Waals surface area contributed by atoms with Crippen LogP contribution in [0.4, 0.5) is 11.4 Å². The summed E-state index contributed by atoms with van der Waals surface area (Å²) in [5, 5.41) is 12.4. The molecule has 0 fully saturated rings. The number of methoxy groups -OCH3 is 1. The molecule has 0 saturated carbocycles. The second kappa shape index (κ2) is 14.9. The number of rotatable bonds is 13. The second-order valence-corrected chi connectivity index (χ2v) is 13.0. The first kappa shape index (κ1) is 34.4. The molecule has 1 amide bonds. The molecule has 0 spiro atoms. The number of hydrogen-bond acceptors (Lipinski definition) is 9. The van der Waals surface area contributed by atoms with Gasteiger partial charge in [-0.2, -0.15) is 4.31 Å². The molecule has 0 aliphatic carbocycles. The van der Waals surface area contributed by atoms with Crippen LogP contribution in [0.3, 0.4) is 0 Å². The normalized spacial score (nSPS) is 16.3. The molecule has 0 unspecified atom stereocenters. The maximum Gasteiger partial charge on any atom is 0.290 e. The van der Waals surface area contributed by atoms with Gasteiger partial charge in [0.05, 0.1) is 42.3 Å². The van der Waals surface area contributed by atoms with Crippen LogP contribution in [0.15, 0.2) is 100 Å². The lowest BCUT2D eigenvalue weighted by molar-refractivity contribution is -0.143. The Kier molecular flexibility index (Phi) is 10.7. The van der Waals surface area contributed by atoms with Crippen molar-refractivity contribution in [3.63, 3.8) is 0 Å². The molecule has 5 rings (SSSR count). The van der Waals surface area contributed by atoms with Crippen molar-refractivity contribution in [1.82, 2.24) is 13.7 Å². The highest BCUT2D eigenvalue weighted by Gasteiger charge is 2.34. The van der Waals surface area contributed by atoms with Crippen LogP contribution in [-0.4, -0.2) is 72.8 Å². The average molecular weight is 678 g/mol. The number of sulfonamides is 1. The van der Waals surface area contributed by atoms with Crippen molar-refractivity contribution in [3.8, 4) is 11.4 Å². The average Bonchev–Trinajstić information content (AvgIpc) is 3.32. The van der Waals surface area contributed by atoms with Crippen molar-refractivity contribution in [1.29, 1.82) is 0 Å². The van der Waals surface area contributed by atoms with E-state index in [4.69, 9.17) is 19.9 Å². The van der Waals surface area contributed by atoms with Gasteiger partial charge in [0.2, 0.25) is 16.3 Å². The summed E-state index contributed by atoms with van der Waals surface area (Å²) in [5.74, 6) is -0.751. The van der Waals surface area contributed by atoms with Gasteiger partial charge in [0.15, 0.2) is 5.76 Å². The number of allylic oxidation sites excluding steroid dienone is 1. The lowest BCUT2D eigenvalue weighted by atomic mass is 9.93. The van der Waals surface area contributed by atoms with Crippen molar-refractivity contribution in [2.75, 3.05) is 44.5 Å². The molecule has 14 heteroatoms. The standard InChI is InChI=1S/C34H39N5O8S/c1-23-32(34(42)39(37(23)2)25-9-5-4-6-10-25)24-21-30(33(41)36-29-12-8-7-11-28(29)35)47-31(22-24)46-20-18-38(17-19-40)48(43,44)27-15-13-26(45-3)14-16-27/h4-16,21,24,31,40H,17-20,22,35H2,1-3H3,(H,36,41)/t24-,31+/m1/s1. The minimum absolute atomic E-state index is 0.0297. The fourth-order valence-electron chi connectivity index (χ4n) is 5.58. The number of aliphatic hydroxyl groups excluding tert-OH is 1. The molecule has 1 aliphatic rings. The van der Waals surface area contributed by atoms with Gasteiger partial charge < -0.3 is 30.4 Å². The van der Waals surface area contributed by atoms with Crippen molar-refractivity contribution in [2.45, 2.75) is 30.4 Å². The van der Waals surface area contributed by atoms with Gasteiger partial charge in [-0.3, -0.25) is 14.3 Å². The van der Waals surface area contributed by atoms with Gasteiger partial charge in [-0.15, -0.1) is 0 Å². The first-order chi connectivity index (χ1) is 23.0. The molecule has 1 aromatic heterocycles. The summed E-state index contributed by atoms with van der Waals surface area (Å²) in [6, 6.07) is 21.9. The summed E-state index contributed by atoms with van der Waals surface area (Å²) in [7, 11) is -0.716. The maximum absolute atomic E-state index is 13.9. The molecule has 4 N–H and O–H groups in total. The van der Waals surface area contributed by atoms with E-state index in [-0.39, 0.29) is 42.3 Å². The van der Waals surface area contributed by atoms with Gasteiger partial charge in [-0.25, -0.2) is 13.1 Å². The van der Waals surface area contributed by atoms with Crippen LogP contribution in [0.1, 0.15) is 23.6 Å². The number of aliphatic hydroxyl groups is 1. The Labute approximate surface area is 278 Å². The summed E-state index contributed by atoms with van der Waals surface area (Å²) >= 11 is 0. The number of nitrogens with zero attached hydrogens (tertiary/aromatic N) is 3. The Balaban J connectivity index is 1.41. The Bertz CT molecular complexity index is 1940. The molecule has 4 aromatic rings. The number of nitrogens with two attached hydrogens (primary N) is 1. The molecule has 3 aromatic carbocycles. The fourth-order valence-corrected chi connectivity index (χ4v) is 6.99. The number of aromatic nitrogens is 2. The Morgan fingerprint density at radius 1 is 1.06 bits per heavy atom. The van der Waals surface area contributed by atoms with Gasteiger partial charge in [0.25, 0.3) is 11.5 Å². The quantitative estimate of drug-likeness (QED) is 0.180. The summed E-state index contributed by atoms with van der Waals surface area (Å²) in [6.07, 6.45) is 0.752. The number of nitrogens with one attached hydrogen (secondary N) is 1. The second-order valence-electron chi connectivity index (χ2n) is 11.1. The third kappa shape index (κ3) is 7.31. The summed E-state index contributed by atoms with van der Waals surface area (Å²) in [6.45, 7) is 1.01. The molecular weight excluding hydrogens is 638 g/mol.